The van der Waals surface area contributed by atoms with E-state index in [0.29, 0.717) is 5.69 Å². The average Bonchev–Trinajstić information content (AvgIpc) is 2.54. The highest BCUT2D eigenvalue weighted by molar-refractivity contribution is 7.89. The van der Waals surface area contributed by atoms with Gasteiger partial charge in [-0.1, -0.05) is 32.9 Å². The van der Waals surface area contributed by atoms with Crippen LogP contribution in [0.5, 0.6) is 0 Å². The second-order valence-electron chi connectivity index (χ2n) is 7.25. The first kappa shape index (κ1) is 19.9. The van der Waals surface area contributed by atoms with Gasteiger partial charge in [-0.25, -0.2) is 13.6 Å². The maximum Gasteiger partial charge on any atom is 0.246 e. The van der Waals surface area contributed by atoms with Gasteiger partial charge in [-0.2, -0.15) is 0 Å². The zero-order valence-electron chi connectivity index (χ0n) is 15.4. The summed E-state index contributed by atoms with van der Waals surface area (Å²) in [6.45, 7) is 8.19. The topological polar surface area (TPSA) is 101 Å². The maximum atomic E-state index is 12.3. The normalized spacial score (nSPS) is 13.1. The Morgan fingerprint density at radius 2 is 1.46 bits per heavy atom. The summed E-state index contributed by atoms with van der Waals surface area (Å²) in [5.74, 6) is -0.228. The van der Waals surface area contributed by atoms with E-state index < -0.39 is 16.1 Å². The second kappa shape index (κ2) is 7.47. The predicted molar refractivity (Wildman–Crippen MR) is 105 cm³/mol. The standard InChI is InChI=1S/C19H25N3O3S/c1-13(21-15-7-5-14(6-8-15)19(2,3)4)18(23)22-16-9-11-17(12-10-16)26(20,24)25/h5-13,21H,1-4H3,(H,22,23)(H2,20,24,25). The van der Waals surface area contributed by atoms with E-state index in [1.165, 1.54) is 29.8 Å². The van der Waals surface area contributed by atoms with E-state index in [2.05, 4.69) is 31.4 Å². The van der Waals surface area contributed by atoms with E-state index in [9.17, 15) is 13.2 Å². The highest BCUT2D eigenvalue weighted by Crippen LogP contribution is 2.23. The monoisotopic (exact) mass is 375 g/mol. The fourth-order valence-electron chi connectivity index (χ4n) is 2.36. The number of amides is 1. The molecule has 26 heavy (non-hydrogen) atoms. The van der Waals surface area contributed by atoms with Crippen molar-refractivity contribution in [2.45, 2.75) is 44.0 Å². The third kappa shape index (κ3) is 5.31. The molecule has 0 fully saturated rings. The van der Waals surface area contributed by atoms with Crippen molar-refractivity contribution in [1.82, 2.24) is 0 Å². The highest BCUT2D eigenvalue weighted by Gasteiger charge is 2.16. The summed E-state index contributed by atoms with van der Waals surface area (Å²) in [4.78, 5) is 12.3. The number of sulfonamides is 1. The molecule has 0 aliphatic heterocycles. The number of primary sulfonamides is 1. The fourth-order valence-corrected chi connectivity index (χ4v) is 2.88. The number of anilines is 2. The van der Waals surface area contributed by atoms with Crippen LogP contribution in [0, 0.1) is 0 Å². The molecule has 7 heteroatoms. The van der Waals surface area contributed by atoms with Crippen molar-refractivity contribution in [1.29, 1.82) is 0 Å². The van der Waals surface area contributed by atoms with E-state index in [-0.39, 0.29) is 16.2 Å². The Morgan fingerprint density at radius 3 is 1.92 bits per heavy atom. The van der Waals surface area contributed by atoms with Crippen LogP contribution in [0.2, 0.25) is 0 Å². The minimum absolute atomic E-state index is 0.000565. The molecule has 1 unspecified atom stereocenters. The smallest absolute Gasteiger partial charge is 0.246 e. The molecular weight excluding hydrogens is 350 g/mol. The van der Waals surface area contributed by atoms with Gasteiger partial charge >= 0.3 is 0 Å². The van der Waals surface area contributed by atoms with Gasteiger partial charge in [-0.15, -0.1) is 0 Å². The van der Waals surface area contributed by atoms with Crippen molar-refractivity contribution in [3.05, 3.63) is 54.1 Å². The molecule has 0 spiro atoms. The van der Waals surface area contributed by atoms with Crippen LogP contribution in [-0.2, 0) is 20.2 Å². The lowest BCUT2D eigenvalue weighted by Gasteiger charge is -2.20. The lowest BCUT2D eigenvalue weighted by Crippen LogP contribution is -2.31. The molecule has 6 nitrogen and oxygen atoms in total. The van der Waals surface area contributed by atoms with E-state index in [4.69, 9.17) is 5.14 Å². The van der Waals surface area contributed by atoms with Crippen LogP contribution in [0.25, 0.3) is 0 Å². The van der Waals surface area contributed by atoms with Crippen molar-refractivity contribution in [3.8, 4) is 0 Å². The Kier molecular flexibility index (Phi) is 5.73. The molecule has 2 aromatic carbocycles. The molecule has 2 rings (SSSR count). The zero-order valence-corrected chi connectivity index (χ0v) is 16.2. The molecule has 0 aliphatic carbocycles. The molecule has 140 valence electrons. The van der Waals surface area contributed by atoms with Crippen LogP contribution in [-0.4, -0.2) is 20.4 Å². The van der Waals surface area contributed by atoms with Crippen LogP contribution in [0.1, 0.15) is 33.3 Å². The Labute approximate surface area is 154 Å². The molecule has 0 heterocycles. The largest absolute Gasteiger partial charge is 0.374 e. The van der Waals surface area contributed by atoms with Gasteiger partial charge in [0, 0.05) is 11.4 Å². The molecule has 0 aliphatic rings. The Bertz CT molecular complexity index is 868. The van der Waals surface area contributed by atoms with Gasteiger partial charge in [-0.05, 0) is 54.3 Å². The lowest BCUT2D eigenvalue weighted by atomic mass is 9.87. The lowest BCUT2D eigenvalue weighted by molar-refractivity contribution is -0.116. The van der Waals surface area contributed by atoms with Gasteiger partial charge in [-0.3, -0.25) is 4.79 Å². The second-order valence-corrected chi connectivity index (χ2v) is 8.81. The number of nitrogens with two attached hydrogens (primary N) is 1. The summed E-state index contributed by atoms with van der Waals surface area (Å²) in [6, 6.07) is 13.2. The maximum absolute atomic E-state index is 12.3. The van der Waals surface area contributed by atoms with Gasteiger partial charge in [0.1, 0.15) is 6.04 Å². The van der Waals surface area contributed by atoms with Gasteiger partial charge in [0.2, 0.25) is 15.9 Å². The van der Waals surface area contributed by atoms with Crippen molar-refractivity contribution < 1.29 is 13.2 Å². The molecule has 0 radical (unpaired) electrons. The highest BCUT2D eigenvalue weighted by atomic mass is 32.2. The van der Waals surface area contributed by atoms with Crippen LogP contribution < -0.4 is 15.8 Å². The number of hydrogen-bond donors (Lipinski definition) is 3. The third-order valence-electron chi connectivity index (χ3n) is 3.98. The Balaban J connectivity index is 1.99. The molecule has 0 saturated heterocycles. The summed E-state index contributed by atoms with van der Waals surface area (Å²) < 4.78 is 22.5. The van der Waals surface area contributed by atoms with Gasteiger partial charge in [0.25, 0.3) is 0 Å². The Hall–Kier alpha value is -2.38. The van der Waals surface area contributed by atoms with Crippen LogP contribution in [0.4, 0.5) is 11.4 Å². The summed E-state index contributed by atoms with van der Waals surface area (Å²) in [5, 5.41) is 10.9. The Morgan fingerprint density at radius 1 is 0.962 bits per heavy atom. The van der Waals surface area contributed by atoms with E-state index in [1.807, 2.05) is 24.3 Å². The molecule has 0 saturated carbocycles. The first-order valence-electron chi connectivity index (χ1n) is 8.27. The zero-order chi connectivity index (χ0) is 19.5. The number of nitrogens with one attached hydrogen (secondary N) is 2. The summed E-state index contributed by atoms with van der Waals surface area (Å²) >= 11 is 0. The number of hydrogen-bond acceptors (Lipinski definition) is 4. The molecule has 2 aromatic rings. The molecule has 4 N–H and O–H groups in total. The molecule has 1 amide bonds. The minimum atomic E-state index is -3.74. The van der Waals surface area contributed by atoms with Crippen molar-refractivity contribution >= 4 is 27.3 Å². The molecular formula is C19H25N3O3S. The number of benzene rings is 2. The van der Waals surface area contributed by atoms with Gasteiger partial charge in [0.05, 0.1) is 4.90 Å². The van der Waals surface area contributed by atoms with E-state index >= 15 is 0 Å². The summed E-state index contributed by atoms with van der Waals surface area (Å²) in [6.07, 6.45) is 0. The van der Waals surface area contributed by atoms with Crippen molar-refractivity contribution in [3.63, 3.8) is 0 Å². The number of carbonyl (C=O) groups is 1. The first-order chi connectivity index (χ1) is 12.0. The summed E-state index contributed by atoms with van der Waals surface area (Å²) in [7, 11) is -3.74. The van der Waals surface area contributed by atoms with Crippen LogP contribution in [0.3, 0.4) is 0 Å². The fraction of sp³-hybridized carbons (Fsp3) is 0.316. The van der Waals surface area contributed by atoms with Crippen molar-refractivity contribution in [2.24, 2.45) is 5.14 Å². The van der Waals surface area contributed by atoms with Gasteiger partial charge in [0.15, 0.2) is 0 Å². The van der Waals surface area contributed by atoms with Crippen molar-refractivity contribution in [2.75, 3.05) is 10.6 Å². The van der Waals surface area contributed by atoms with Crippen LogP contribution >= 0.6 is 0 Å². The van der Waals surface area contributed by atoms with Gasteiger partial charge < -0.3 is 10.6 Å². The average molecular weight is 375 g/mol. The quantitative estimate of drug-likeness (QED) is 0.747. The molecule has 0 aromatic heterocycles. The number of rotatable bonds is 5. The minimum Gasteiger partial charge on any atom is -0.374 e. The van der Waals surface area contributed by atoms with E-state index in [1.54, 1.807) is 6.92 Å². The number of carbonyl (C=O) groups excluding carboxylic acids is 1. The molecule has 0 bridgehead atoms. The molecule has 1 atom stereocenters. The van der Waals surface area contributed by atoms with Crippen LogP contribution in [0.15, 0.2) is 53.4 Å². The summed E-state index contributed by atoms with van der Waals surface area (Å²) in [5.41, 5.74) is 2.64. The van der Waals surface area contributed by atoms with E-state index in [0.717, 1.165) is 5.69 Å². The first-order valence-corrected chi connectivity index (χ1v) is 9.82. The third-order valence-corrected chi connectivity index (χ3v) is 4.91. The predicted octanol–water partition coefficient (Wildman–Crippen LogP) is 3.07. The SMILES string of the molecule is CC(Nc1ccc(C(C)(C)C)cc1)C(=O)Nc1ccc(S(N)(=O)=O)cc1.